The maximum atomic E-state index is 6.84. The summed E-state index contributed by atoms with van der Waals surface area (Å²) in [5.74, 6) is 0. The summed E-state index contributed by atoms with van der Waals surface area (Å²) in [4.78, 5) is 0. The molecule has 2 nitrogen and oxygen atoms in total. The third kappa shape index (κ3) is 6.09. The monoisotopic (exact) mass is 913 g/mol. The van der Waals surface area contributed by atoms with Crippen LogP contribution in [0.2, 0.25) is 0 Å². The summed E-state index contributed by atoms with van der Waals surface area (Å²) in [6.45, 7) is 0. The summed E-state index contributed by atoms with van der Waals surface area (Å²) in [5.41, 5.74) is 17.3. The molecule has 2 aromatic heterocycles. The van der Waals surface area contributed by atoms with Gasteiger partial charge in [-0.25, -0.2) is 0 Å². The van der Waals surface area contributed by atoms with Gasteiger partial charge in [0, 0.05) is 32.3 Å². The zero-order valence-electron chi connectivity index (χ0n) is 39.2. The smallest absolute Gasteiger partial charge is 0.136 e. The zero-order chi connectivity index (χ0) is 47.3. The van der Waals surface area contributed by atoms with Crippen molar-refractivity contribution in [3.63, 3.8) is 0 Å². The van der Waals surface area contributed by atoms with Gasteiger partial charge in [-0.15, -0.1) is 0 Å². The Kier molecular flexibility index (Phi) is 8.99. The first-order chi connectivity index (χ1) is 35.7. The molecule has 334 valence electrons. The zero-order valence-corrected chi connectivity index (χ0v) is 39.2. The van der Waals surface area contributed by atoms with Crippen LogP contribution in [0.15, 0.2) is 265 Å². The number of hydrogen-bond donors (Lipinski definition) is 0. The van der Waals surface area contributed by atoms with Gasteiger partial charge >= 0.3 is 0 Å². The van der Waals surface area contributed by atoms with E-state index in [0.29, 0.717) is 0 Å². The van der Waals surface area contributed by atoms with Crippen molar-refractivity contribution in [1.29, 1.82) is 0 Å². The van der Waals surface area contributed by atoms with E-state index in [1.165, 1.54) is 115 Å². The highest BCUT2D eigenvalue weighted by Crippen LogP contribution is 2.49. The lowest BCUT2D eigenvalue weighted by molar-refractivity contribution is 0.669. The Labute approximate surface area is 415 Å². The van der Waals surface area contributed by atoms with Gasteiger partial charge in [-0.2, -0.15) is 0 Å². The van der Waals surface area contributed by atoms with Crippen molar-refractivity contribution < 1.29 is 4.42 Å². The average molecular weight is 914 g/mol. The third-order valence-electron chi connectivity index (χ3n) is 15.2. The lowest BCUT2D eigenvalue weighted by atomic mass is 9.85. The van der Waals surface area contributed by atoms with Crippen LogP contribution >= 0.6 is 0 Å². The molecule has 0 N–H and O–H groups in total. The van der Waals surface area contributed by atoms with E-state index in [1.807, 2.05) is 0 Å². The quantitative estimate of drug-likeness (QED) is 0.152. The van der Waals surface area contributed by atoms with Gasteiger partial charge in [-0.1, -0.05) is 218 Å². The third-order valence-corrected chi connectivity index (χ3v) is 15.2. The number of rotatable bonds is 6. The number of benzene rings is 13. The molecule has 0 atom stereocenters. The van der Waals surface area contributed by atoms with Gasteiger partial charge in [0.15, 0.2) is 0 Å². The van der Waals surface area contributed by atoms with Gasteiger partial charge in [-0.3, -0.25) is 0 Å². The molecule has 0 spiro atoms. The second kappa shape index (κ2) is 16.0. The van der Waals surface area contributed by atoms with Crippen LogP contribution in [0.1, 0.15) is 0 Å². The molecule has 0 saturated heterocycles. The summed E-state index contributed by atoms with van der Waals surface area (Å²) in [6, 6.07) is 95.5. The molecule has 0 saturated carbocycles. The molecule has 0 aliphatic rings. The number of nitrogens with zero attached hydrogens (tertiary/aromatic N) is 1. The van der Waals surface area contributed by atoms with Crippen molar-refractivity contribution in [2.45, 2.75) is 0 Å². The van der Waals surface area contributed by atoms with Crippen LogP contribution in [0.4, 0.5) is 0 Å². The minimum absolute atomic E-state index is 0.871. The molecule has 0 radical (unpaired) electrons. The van der Waals surface area contributed by atoms with E-state index in [4.69, 9.17) is 4.42 Å². The van der Waals surface area contributed by atoms with E-state index in [0.717, 1.165) is 33.1 Å². The highest BCUT2D eigenvalue weighted by molar-refractivity contribution is 6.27. The van der Waals surface area contributed by atoms with Crippen LogP contribution in [0, 0.1) is 0 Å². The fraction of sp³-hybridized carbons (Fsp3) is 0. The fourth-order valence-electron chi connectivity index (χ4n) is 12.1. The fourth-order valence-corrected chi connectivity index (χ4v) is 12.1. The van der Waals surface area contributed by atoms with Gasteiger partial charge < -0.3 is 8.98 Å². The van der Waals surface area contributed by atoms with Crippen LogP contribution in [0.25, 0.3) is 148 Å². The predicted molar refractivity (Wildman–Crippen MR) is 305 cm³/mol. The molecule has 0 amide bonds. The van der Waals surface area contributed by atoms with E-state index in [2.05, 4.69) is 265 Å². The Bertz CT molecular complexity index is 4450. The second-order valence-corrected chi connectivity index (χ2v) is 19.0. The van der Waals surface area contributed by atoms with Crippen LogP contribution in [0.5, 0.6) is 0 Å². The maximum Gasteiger partial charge on any atom is 0.136 e. The Hall–Kier alpha value is -9.50. The number of hydrogen-bond acceptors (Lipinski definition) is 1. The summed E-state index contributed by atoms with van der Waals surface area (Å²) < 4.78 is 9.37. The lowest BCUT2D eigenvalue weighted by Crippen LogP contribution is -1.99. The molecule has 2 heteroatoms. The van der Waals surface area contributed by atoms with Crippen LogP contribution in [-0.2, 0) is 0 Å². The van der Waals surface area contributed by atoms with Crippen LogP contribution < -0.4 is 0 Å². The van der Waals surface area contributed by atoms with Crippen molar-refractivity contribution in [1.82, 2.24) is 4.57 Å². The van der Waals surface area contributed by atoms with Crippen molar-refractivity contribution in [2.24, 2.45) is 0 Å². The van der Waals surface area contributed by atoms with Crippen molar-refractivity contribution >= 4 is 86.8 Å². The molecular weight excluding hydrogens is 871 g/mol. The molecule has 2 heterocycles. The van der Waals surface area contributed by atoms with Crippen molar-refractivity contribution in [3.05, 3.63) is 261 Å². The highest BCUT2D eigenvalue weighted by atomic mass is 16.3. The standard InChI is InChI=1S/C70H43NO/c1-4-19-44(20-5-1)47-35-38-62-59(41-47)60-42-48(45-21-6-2-7-22-45)36-39-63(60)71(62)70-56-31-16-14-29-54(56)68(55-30-15-17-32-57(55)70)58-33-18-34-65-69(58)61-43-49(37-40-64(61)72-65)67-52-27-12-10-25-50(52)66(46-23-8-3-9-24-46)51-26-11-13-28-53(51)67/h1-43H. The van der Waals surface area contributed by atoms with Gasteiger partial charge in [0.25, 0.3) is 0 Å². The summed E-state index contributed by atoms with van der Waals surface area (Å²) in [7, 11) is 0. The molecule has 0 fully saturated rings. The molecule has 0 unspecified atom stereocenters. The maximum absolute atomic E-state index is 6.84. The Morgan fingerprint density at radius 2 is 0.639 bits per heavy atom. The summed E-state index contributed by atoms with van der Waals surface area (Å²) in [5, 5.41) is 14.4. The van der Waals surface area contributed by atoms with Crippen LogP contribution in [-0.4, -0.2) is 4.57 Å². The summed E-state index contributed by atoms with van der Waals surface area (Å²) in [6.07, 6.45) is 0. The summed E-state index contributed by atoms with van der Waals surface area (Å²) >= 11 is 0. The SMILES string of the molecule is c1ccc(-c2ccc3c(c2)c2cc(-c4ccccc4)ccc2n3-c2c3ccccc3c(-c3cccc4oc5ccc(-c6c7ccccc7c(-c7ccccc7)c7ccccc67)cc5c34)c3ccccc23)cc1. The first kappa shape index (κ1) is 40.4. The molecule has 13 aromatic carbocycles. The molecular formula is C70H43NO. The van der Waals surface area contributed by atoms with Gasteiger partial charge in [0.2, 0.25) is 0 Å². The molecule has 0 aliphatic carbocycles. The van der Waals surface area contributed by atoms with Crippen LogP contribution in [0.3, 0.4) is 0 Å². The highest BCUT2D eigenvalue weighted by Gasteiger charge is 2.24. The first-order valence-corrected chi connectivity index (χ1v) is 24.8. The van der Waals surface area contributed by atoms with E-state index < -0.39 is 0 Å². The van der Waals surface area contributed by atoms with E-state index in [1.54, 1.807) is 0 Å². The topological polar surface area (TPSA) is 18.1 Å². The predicted octanol–water partition coefficient (Wildman–Crippen LogP) is 19.6. The Balaban J connectivity index is 0.994. The molecule has 0 aliphatic heterocycles. The van der Waals surface area contributed by atoms with Crippen molar-refractivity contribution in [3.8, 4) is 61.3 Å². The average Bonchev–Trinajstić information content (AvgIpc) is 3.99. The molecule has 0 bridgehead atoms. The normalized spacial score (nSPS) is 11.9. The minimum Gasteiger partial charge on any atom is -0.456 e. The molecule has 15 aromatic rings. The van der Waals surface area contributed by atoms with Gasteiger partial charge in [0.1, 0.15) is 11.2 Å². The Morgan fingerprint density at radius 3 is 1.14 bits per heavy atom. The molecule has 15 rings (SSSR count). The van der Waals surface area contributed by atoms with E-state index in [9.17, 15) is 0 Å². The first-order valence-electron chi connectivity index (χ1n) is 24.8. The number of aromatic nitrogens is 1. The lowest BCUT2D eigenvalue weighted by Gasteiger charge is -2.20. The second-order valence-electron chi connectivity index (χ2n) is 19.0. The van der Waals surface area contributed by atoms with Gasteiger partial charge in [-0.05, 0) is 130 Å². The molecule has 72 heavy (non-hydrogen) atoms. The largest absolute Gasteiger partial charge is 0.456 e. The van der Waals surface area contributed by atoms with E-state index in [-0.39, 0.29) is 0 Å². The number of furan rings is 1. The van der Waals surface area contributed by atoms with Gasteiger partial charge in [0.05, 0.1) is 16.7 Å². The Morgan fingerprint density at radius 1 is 0.236 bits per heavy atom. The number of fused-ring (bicyclic) bond motifs is 10. The van der Waals surface area contributed by atoms with Crippen molar-refractivity contribution in [2.75, 3.05) is 0 Å². The minimum atomic E-state index is 0.871. The van der Waals surface area contributed by atoms with E-state index >= 15 is 0 Å².